The predicted molar refractivity (Wildman–Crippen MR) is 156 cm³/mol. The zero-order valence-electron chi connectivity index (χ0n) is 23.3. The summed E-state index contributed by atoms with van der Waals surface area (Å²) in [6.07, 6.45) is 2.01. The molecule has 0 aliphatic heterocycles. The maximum absolute atomic E-state index is 13.6. The van der Waals surface area contributed by atoms with E-state index in [9.17, 15) is 13.2 Å². The topological polar surface area (TPSA) is 90.3 Å². The molecule has 0 saturated heterocycles. The Morgan fingerprint density at radius 3 is 2.28 bits per heavy atom. The van der Waals surface area contributed by atoms with E-state index in [1.54, 1.807) is 28.8 Å². The van der Waals surface area contributed by atoms with Gasteiger partial charge in [0.15, 0.2) is 0 Å². The number of benzene rings is 3. The van der Waals surface area contributed by atoms with Crippen molar-refractivity contribution in [3.63, 3.8) is 0 Å². The van der Waals surface area contributed by atoms with Crippen LogP contribution in [0, 0.1) is 0 Å². The number of hydrogen-bond donors (Lipinski definition) is 1. The number of sulfonamides is 1. The van der Waals surface area contributed by atoms with Gasteiger partial charge in [-0.2, -0.15) is 0 Å². The molecule has 0 saturated carbocycles. The lowest BCUT2D eigenvalue weighted by atomic mass is 9.87. The van der Waals surface area contributed by atoms with Crippen LogP contribution in [0.4, 0.5) is 0 Å². The van der Waals surface area contributed by atoms with Crippen molar-refractivity contribution in [2.75, 3.05) is 13.2 Å². The molecule has 3 aromatic carbocycles. The number of unbranched alkanes of at least 4 members (excludes halogenated alkanes) is 1. The number of para-hydroxylation sites is 1. The smallest absolute Gasteiger partial charge is 0.265 e. The van der Waals surface area contributed by atoms with Crippen LogP contribution in [0.15, 0.2) is 82.5 Å². The first-order valence-corrected chi connectivity index (χ1v) is 14.8. The highest BCUT2D eigenvalue weighted by Crippen LogP contribution is 2.24. The molecule has 1 heterocycles. The SMILES string of the molecule is CCCCOc1ccc(-n2c(C(C)CNS(=O)(=O)c3ccc(C(C)(C)C)cc3)nc3ccccc3c2=O)cc1. The molecule has 0 radical (unpaired) electrons. The van der Waals surface area contributed by atoms with Crippen molar-refractivity contribution >= 4 is 20.9 Å². The number of ether oxygens (including phenoxy) is 1. The van der Waals surface area contributed by atoms with E-state index in [0.29, 0.717) is 29.0 Å². The summed E-state index contributed by atoms with van der Waals surface area (Å²) < 4.78 is 36.2. The molecule has 8 heteroatoms. The summed E-state index contributed by atoms with van der Waals surface area (Å²) in [6.45, 7) is 10.9. The maximum atomic E-state index is 13.6. The number of nitrogens with zero attached hydrogens (tertiary/aromatic N) is 2. The second-order valence-corrected chi connectivity index (χ2v) is 12.6. The Labute approximate surface area is 230 Å². The number of fused-ring (bicyclic) bond motifs is 1. The van der Waals surface area contributed by atoms with Crippen molar-refractivity contribution in [2.24, 2.45) is 0 Å². The quantitative estimate of drug-likeness (QED) is 0.248. The van der Waals surface area contributed by atoms with E-state index in [1.165, 1.54) is 0 Å². The maximum Gasteiger partial charge on any atom is 0.265 e. The average Bonchev–Trinajstić information content (AvgIpc) is 2.92. The van der Waals surface area contributed by atoms with E-state index in [0.717, 1.165) is 24.2 Å². The molecule has 1 aromatic heterocycles. The van der Waals surface area contributed by atoms with Gasteiger partial charge >= 0.3 is 0 Å². The summed E-state index contributed by atoms with van der Waals surface area (Å²) in [5.74, 6) is 0.810. The molecule has 0 fully saturated rings. The van der Waals surface area contributed by atoms with Gasteiger partial charge in [-0.15, -0.1) is 0 Å². The normalized spacial score (nSPS) is 12.9. The van der Waals surface area contributed by atoms with Crippen LogP contribution < -0.4 is 15.0 Å². The summed E-state index contributed by atoms with van der Waals surface area (Å²) in [5, 5.41) is 0.497. The van der Waals surface area contributed by atoms with Crippen LogP contribution in [0.25, 0.3) is 16.6 Å². The lowest BCUT2D eigenvalue weighted by Gasteiger charge is -2.20. The highest BCUT2D eigenvalue weighted by Gasteiger charge is 2.22. The van der Waals surface area contributed by atoms with Gasteiger partial charge in [0.1, 0.15) is 11.6 Å². The molecule has 4 aromatic rings. The van der Waals surface area contributed by atoms with Crippen molar-refractivity contribution in [2.45, 2.75) is 63.7 Å². The third-order valence-corrected chi connectivity index (χ3v) is 8.15. The van der Waals surface area contributed by atoms with Crippen molar-refractivity contribution in [1.82, 2.24) is 14.3 Å². The molecular formula is C31H37N3O4S. The zero-order chi connectivity index (χ0) is 28.2. The zero-order valence-corrected chi connectivity index (χ0v) is 24.1. The highest BCUT2D eigenvalue weighted by molar-refractivity contribution is 7.89. The minimum absolute atomic E-state index is 0.0739. The van der Waals surface area contributed by atoms with E-state index in [4.69, 9.17) is 9.72 Å². The van der Waals surface area contributed by atoms with Crippen LogP contribution in [0.2, 0.25) is 0 Å². The van der Waals surface area contributed by atoms with Gasteiger partial charge in [0.2, 0.25) is 10.0 Å². The summed E-state index contributed by atoms with van der Waals surface area (Å²) in [7, 11) is -3.75. The van der Waals surface area contributed by atoms with Gasteiger partial charge in [-0.05, 0) is 65.9 Å². The molecule has 0 aliphatic rings. The highest BCUT2D eigenvalue weighted by atomic mass is 32.2. The summed E-state index contributed by atoms with van der Waals surface area (Å²) >= 11 is 0. The number of hydrogen-bond acceptors (Lipinski definition) is 5. The summed E-state index contributed by atoms with van der Waals surface area (Å²) in [5.41, 5.74) is 1.99. The Morgan fingerprint density at radius 2 is 1.64 bits per heavy atom. The molecule has 4 rings (SSSR count). The number of aromatic nitrogens is 2. The first-order valence-electron chi connectivity index (χ1n) is 13.4. The van der Waals surface area contributed by atoms with E-state index in [1.807, 2.05) is 55.5 Å². The molecule has 0 aliphatic carbocycles. The molecule has 1 unspecified atom stereocenters. The summed E-state index contributed by atoms with van der Waals surface area (Å²) in [6, 6.07) is 21.5. The van der Waals surface area contributed by atoms with Gasteiger partial charge < -0.3 is 4.74 Å². The van der Waals surface area contributed by atoms with Crippen LogP contribution in [0.3, 0.4) is 0 Å². The van der Waals surface area contributed by atoms with Crippen molar-refractivity contribution in [3.8, 4) is 11.4 Å². The van der Waals surface area contributed by atoms with E-state index in [-0.39, 0.29) is 22.4 Å². The van der Waals surface area contributed by atoms with Crippen LogP contribution in [-0.2, 0) is 15.4 Å². The Balaban J connectivity index is 1.64. The minimum Gasteiger partial charge on any atom is -0.494 e. The largest absolute Gasteiger partial charge is 0.494 e. The fourth-order valence-corrected chi connectivity index (χ4v) is 5.43. The van der Waals surface area contributed by atoms with Crippen LogP contribution in [0.5, 0.6) is 5.75 Å². The van der Waals surface area contributed by atoms with Crippen LogP contribution >= 0.6 is 0 Å². The first-order chi connectivity index (χ1) is 18.5. The average molecular weight is 548 g/mol. The number of rotatable bonds is 10. The van der Waals surface area contributed by atoms with Crippen molar-refractivity contribution < 1.29 is 13.2 Å². The lowest BCUT2D eigenvalue weighted by molar-refractivity contribution is 0.309. The molecule has 7 nitrogen and oxygen atoms in total. The Bertz CT molecular complexity index is 1590. The minimum atomic E-state index is -3.75. The fraction of sp³-hybridized carbons (Fsp3) is 0.355. The predicted octanol–water partition coefficient (Wildman–Crippen LogP) is 5.94. The second kappa shape index (κ2) is 11.7. The Morgan fingerprint density at radius 1 is 0.974 bits per heavy atom. The molecule has 0 bridgehead atoms. The van der Waals surface area contributed by atoms with E-state index < -0.39 is 15.9 Å². The number of nitrogens with one attached hydrogen (secondary N) is 1. The third-order valence-electron chi connectivity index (χ3n) is 6.71. The third kappa shape index (κ3) is 6.57. The Hall–Kier alpha value is -3.49. The van der Waals surface area contributed by atoms with Gasteiger partial charge in [0, 0.05) is 12.5 Å². The second-order valence-electron chi connectivity index (χ2n) is 10.9. The first kappa shape index (κ1) is 28.5. The molecule has 0 spiro atoms. The summed E-state index contributed by atoms with van der Waals surface area (Å²) in [4.78, 5) is 18.6. The van der Waals surface area contributed by atoms with Crippen LogP contribution in [0.1, 0.15) is 64.8 Å². The Kier molecular flexibility index (Phi) is 8.57. The molecular weight excluding hydrogens is 510 g/mol. The monoisotopic (exact) mass is 547 g/mol. The van der Waals surface area contributed by atoms with E-state index >= 15 is 0 Å². The van der Waals surface area contributed by atoms with E-state index in [2.05, 4.69) is 32.4 Å². The van der Waals surface area contributed by atoms with Gasteiger partial charge in [0.05, 0.1) is 28.1 Å². The molecule has 39 heavy (non-hydrogen) atoms. The van der Waals surface area contributed by atoms with Crippen molar-refractivity contribution in [1.29, 1.82) is 0 Å². The van der Waals surface area contributed by atoms with Gasteiger partial charge in [-0.3, -0.25) is 9.36 Å². The molecule has 0 amide bonds. The molecule has 206 valence electrons. The van der Waals surface area contributed by atoms with Gasteiger partial charge in [-0.1, -0.05) is 65.3 Å². The van der Waals surface area contributed by atoms with Crippen LogP contribution in [-0.4, -0.2) is 31.1 Å². The van der Waals surface area contributed by atoms with Crippen molar-refractivity contribution in [3.05, 3.63) is 94.5 Å². The lowest BCUT2D eigenvalue weighted by Crippen LogP contribution is -2.32. The standard InChI is InChI=1S/C31H37N3O4S/c1-6-7-20-38-25-16-14-24(15-17-25)34-29(33-28-11-9-8-10-27(28)30(34)35)22(2)21-32-39(36,37)26-18-12-23(13-19-26)31(3,4)5/h8-19,22,32H,6-7,20-21H2,1-5H3. The van der Waals surface area contributed by atoms with Gasteiger partial charge in [-0.25, -0.2) is 18.1 Å². The molecule has 1 N–H and O–H groups in total. The van der Waals surface area contributed by atoms with Gasteiger partial charge in [0.25, 0.3) is 5.56 Å². The fourth-order valence-electron chi connectivity index (χ4n) is 4.30. The molecule has 1 atom stereocenters.